The van der Waals surface area contributed by atoms with Crippen molar-refractivity contribution >= 4 is 29.7 Å². The third-order valence-corrected chi connectivity index (χ3v) is 4.25. The normalized spacial score (nSPS) is 11.2. The van der Waals surface area contributed by atoms with Crippen LogP contribution in [0.15, 0.2) is 38.9 Å². The molecule has 0 aliphatic carbocycles. The number of carbonyl (C=O) groups is 1. The van der Waals surface area contributed by atoms with Gasteiger partial charge in [-0.3, -0.25) is 4.79 Å². The fraction of sp³-hybridized carbons (Fsp3) is 0.200. The Balaban J connectivity index is 1.74. The average Bonchev–Trinajstić information content (AvgIpc) is 3.27. The van der Waals surface area contributed by atoms with Gasteiger partial charge < -0.3 is 5.73 Å². The highest BCUT2D eigenvalue weighted by Crippen LogP contribution is 2.16. The van der Waals surface area contributed by atoms with E-state index in [1.54, 1.807) is 18.0 Å². The van der Waals surface area contributed by atoms with E-state index in [0.29, 0.717) is 12.1 Å². The molecule has 0 unspecified atom stereocenters. The fourth-order valence-electron chi connectivity index (χ4n) is 2.21. The molecular formula is C15H16N8O2S. The number of carbonyl (C=O) groups excluding carboxylic acids is 1. The number of benzene rings is 1. The lowest BCUT2D eigenvalue weighted by Gasteiger charge is -2.02. The zero-order valence-electron chi connectivity index (χ0n) is 14.1. The topological polar surface area (TPSA) is 137 Å². The van der Waals surface area contributed by atoms with Crippen LogP contribution in [0.3, 0.4) is 0 Å². The van der Waals surface area contributed by atoms with Gasteiger partial charge in [-0.25, -0.2) is 10.1 Å². The summed E-state index contributed by atoms with van der Waals surface area (Å²) in [6, 6.07) is 7.78. The van der Waals surface area contributed by atoms with Gasteiger partial charge in [-0.15, -0.1) is 16.9 Å². The summed E-state index contributed by atoms with van der Waals surface area (Å²) in [7, 11) is 0. The molecule has 0 bridgehead atoms. The average molecular weight is 372 g/mol. The predicted molar refractivity (Wildman–Crippen MR) is 96.3 cm³/mol. The molecule has 3 rings (SSSR count). The molecule has 0 saturated heterocycles. The highest BCUT2D eigenvalue weighted by molar-refractivity contribution is 7.98. The molecule has 3 aromatic rings. The smallest absolute Gasteiger partial charge is 0.293 e. The van der Waals surface area contributed by atoms with E-state index in [4.69, 9.17) is 5.73 Å². The molecule has 11 heteroatoms. The van der Waals surface area contributed by atoms with Gasteiger partial charge in [0.05, 0.1) is 11.9 Å². The van der Waals surface area contributed by atoms with E-state index in [1.807, 2.05) is 37.4 Å². The molecular weight excluding hydrogens is 356 g/mol. The SMILES string of the molecule is CCc1c(C(=O)N/N=C/c2ccc(SC)cc2)nnn1-c1nonc1N. The standard InChI is InChI=1S/C15H16N8O2S/c1-3-11-12(18-22-23(11)14-13(16)20-25-21-14)15(24)19-17-8-9-4-6-10(26-2)7-5-9/h4-8H,3H2,1-2H3,(H2,16,20)(H,19,24)/b17-8+. The molecule has 10 nitrogen and oxygen atoms in total. The van der Waals surface area contributed by atoms with E-state index in [9.17, 15) is 4.79 Å². The van der Waals surface area contributed by atoms with Crippen molar-refractivity contribution in [1.29, 1.82) is 0 Å². The number of nitrogens with zero attached hydrogens (tertiary/aromatic N) is 6. The Morgan fingerprint density at radius 3 is 2.77 bits per heavy atom. The predicted octanol–water partition coefficient (Wildman–Crippen LogP) is 1.28. The Morgan fingerprint density at radius 2 is 2.15 bits per heavy atom. The number of anilines is 1. The highest BCUT2D eigenvalue weighted by Gasteiger charge is 2.22. The molecule has 0 spiro atoms. The Morgan fingerprint density at radius 1 is 1.38 bits per heavy atom. The number of amides is 1. The molecule has 0 fully saturated rings. The first-order valence-electron chi connectivity index (χ1n) is 7.64. The molecule has 26 heavy (non-hydrogen) atoms. The summed E-state index contributed by atoms with van der Waals surface area (Å²) < 4.78 is 5.89. The van der Waals surface area contributed by atoms with Crippen LogP contribution in [-0.4, -0.2) is 43.7 Å². The molecule has 0 aliphatic heterocycles. The van der Waals surface area contributed by atoms with Crippen molar-refractivity contribution in [2.45, 2.75) is 18.2 Å². The third-order valence-electron chi connectivity index (χ3n) is 3.50. The first-order valence-corrected chi connectivity index (χ1v) is 8.87. The molecule has 3 N–H and O–H groups in total. The van der Waals surface area contributed by atoms with Gasteiger partial charge in [0.25, 0.3) is 5.91 Å². The van der Waals surface area contributed by atoms with Crippen molar-refractivity contribution in [2.24, 2.45) is 5.10 Å². The van der Waals surface area contributed by atoms with Crippen LogP contribution in [-0.2, 0) is 6.42 Å². The number of nitrogens with two attached hydrogens (primary N) is 1. The molecule has 0 aliphatic rings. The summed E-state index contributed by atoms with van der Waals surface area (Å²) in [6.07, 6.45) is 4.03. The summed E-state index contributed by atoms with van der Waals surface area (Å²) in [6.45, 7) is 1.85. The van der Waals surface area contributed by atoms with Gasteiger partial charge in [0, 0.05) is 4.90 Å². The zero-order chi connectivity index (χ0) is 18.5. The number of hydrogen-bond acceptors (Lipinski definition) is 9. The lowest BCUT2D eigenvalue weighted by molar-refractivity contribution is 0.0949. The molecule has 0 atom stereocenters. The molecule has 0 saturated carbocycles. The van der Waals surface area contributed by atoms with E-state index in [-0.39, 0.29) is 17.3 Å². The summed E-state index contributed by atoms with van der Waals surface area (Å²) in [5.41, 5.74) is 9.62. The van der Waals surface area contributed by atoms with Gasteiger partial charge in [0.15, 0.2) is 5.69 Å². The maximum atomic E-state index is 12.3. The summed E-state index contributed by atoms with van der Waals surface area (Å²) in [4.78, 5) is 13.5. The molecule has 134 valence electrons. The first kappa shape index (κ1) is 17.6. The van der Waals surface area contributed by atoms with Gasteiger partial charge in [-0.2, -0.15) is 9.78 Å². The second-order valence-electron chi connectivity index (χ2n) is 5.10. The minimum absolute atomic E-state index is 0.0586. The van der Waals surface area contributed by atoms with Crippen LogP contribution < -0.4 is 11.2 Å². The molecule has 1 aromatic carbocycles. The van der Waals surface area contributed by atoms with Crippen LogP contribution in [0.2, 0.25) is 0 Å². The minimum atomic E-state index is -0.486. The molecule has 2 heterocycles. The second-order valence-corrected chi connectivity index (χ2v) is 5.98. The quantitative estimate of drug-likeness (QED) is 0.375. The van der Waals surface area contributed by atoms with Crippen molar-refractivity contribution in [3.05, 3.63) is 41.2 Å². The Hall–Kier alpha value is -3.21. The highest BCUT2D eigenvalue weighted by atomic mass is 32.2. The summed E-state index contributed by atoms with van der Waals surface area (Å²) >= 11 is 1.65. The third kappa shape index (κ3) is 3.57. The van der Waals surface area contributed by atoms with E-state index in [2.05, 4.69) is 35.8 Å². The molecule has 0 radical (unpaired) electrons. The summed E-state index contributed by atoms with van der Waals surface area (Å²) in [5.74, 6) is -0.242. The van der Waals surface area contributed by atoms with Crippen LogP contribution in [0.4, 0.5) is 5.82 Å². The van der Waals surface area contributed by atoms with Gasteiger partial charge >= 0.3 is 0 Å². The number of thioether (sulfide) groups is 1. The van der Waals surface area contributed by atoms with Gasteiger partial charge in [-0.05, 0) is 40.7 Å². The summed E-state index contributed by atoms with van der Waals surface area (Å²) in [5, 5.41) is 18.9. The van der Waals surface area contributed by atoms with Crippen LogP contribution in [0, 0.1) is 0 Å². The lowest BCUT2D eigenvalue weighted by Crippen LogP contribution is -2.20. The first-order chi connectivity index (χ1) is 12.6. The zero-order valence-corrected chi connectivity index (χ0v) is 14.9. The van der Waals surface area contributed by atoms with Crippen LogP contribution >= 0.6 is 11.8 Å². The number of nitrogens with one attached hydrogen (secondary N) is 1. The number of nitrogen functional groups attached to an aromatic ring is 1. The van der Waals surface area contributed by atoms with Crippen molar-refractivity contribution in [1.82, 2.24) is 30.7 Å². The Kier molecular flexibility index (Phi) is 5.27. The maximum Gasteiger partial charge on any atom is 0.293 e. The van der Waals surface area contributed by atoms with Gasteiger partial charge in [-0.1, -0.05) is 24.3 Å². The Labute approximate surface area is 152 Å². The Bertz CT molecular complexity index is 932. The van der Waals surface area contributed by atoms with E-state index < -0.39 is 5.91 Å². The number of hydrogen-bond donors (Lipinski definition) is 2. The van der Waals surface area contributed by atoms with Crippen molar-refractivity contribution < 1.29 is 9.42 Å². The maximum absolute atomic E-state index is 12.3. The number of hydrazone groups is 1. The van der Waals surface area contributed by atoms with Crippen LogP contribution in [0.5, 0.6) is 0 Å². The monoisotopic (exact) mass is 372 g/mol. The van der Waals surface area contributed by atoms with E-state index in [1.165, 1.54) is 4.68 Å². The van der Waals surface area contributed by atoms with Crippen molar-refractivity contribution in [3.8, 4) is 5.82 Å². The van der Waals surface area contributed by atoms with Crippen LogP contribution in [0.1, 0.15) is 28.7 Å². The largest absolute Gasteiger partial charge is 0.378 e. The molecule has 2 aromatic heterocycles. The van der Waals surface area contributed by atoms with Gasteiger partial charge in [0.1, 0.15) is 0 Å². The van der Waals surface area contributed by atoms with E-state index >= 15 is 0 Å². The fourth-order valence-corrected chi connectivity index (χ4v) is 2.62. The number of rotatable bonds is 6. The van der Waals surface area contributed by atoms with E-state index in [0.717, 1.165) is 10.5 Å². The van der Waals surface area contributed by atoms with Gasteiger partial charge in [0.2, 0.25) is 11.6 Å². The van der Waals surface area contributed by atoms with Crippen molar-refractivity contribution in [3.63, 3.8) is 0 Å². The van der Waals surface area contributed by atoms with Crippen molar-refractivity contribution in [2.75, 3.05) is 12.0 Å². The minimum Gasteiger partial charge on any atom is -0.378 e. The lowest BCUT2D eigenvalue weighted by atomic mass is 10.2. The second kappa shape index (κ2) is 7.78. The number of aromatic nitrogens is 5. The van der Waals surface area contributed by atoms with Crippen LogP contribution in [0.25, 0.3) is 5.82 Å². The molecule has 1 amide bonds.